The molecule has 3 rings (SSSR count). The molecule has 0 spiro atoms. The fraction of sp³-hybridized carbons (Fsp3) is 0.0476. The lowest BCUT2D eigenvalue weighted by atomic mass is 10.1. The Balaban J connectivity index is 1.87. The average molecular weight is 435 g/mol. The maximum Gasteiger partial charge on any atom is 0.417 e. The Kier molecular flexibility index (Phi) is 6.27. The summed E-state index contributed by atoms with van der Waals surface area (Å²) in [6.45, 7) is 0. The molecule has 0 bridgehead atoms. The molecular weight excluding hydrogens is 421 g/mol. The molecule has 0 unspecified atom stereocenters. The number of allylic oxidation sites excluding steroid dienone is 1. The highest BCUT2D eigenvalue weighted by atomic mass is 35.5. The van der Waals surface area contributed by atoms with Crippen molar-refractivity contribution in [1.82, 2.24) is 0 Å². The Morgan fingerprint density at radius 1 is 0.933 bits per heavy atom. The largest absolute Gasteiger partial charge is 0.459 e. The van der Waals surface area contributed by atoms with Gasteiger partial charge in [-0.3, -0.25) is 9.59 Å². The number of halogens is 4. The van der Waals surface area contributed by atoms with Gasteiger partial charge in [0.15, 0.2) is 5.76 Å². The standard InChI is InChI=1S/C21H14ClF3N2O3/c22-14-8-9-16(17(11-14)27-20(29)18-7-4-10-30-18)26-19(28)12-15(21(23,24)25)13-5-2-1-3-6-13/h1-12H,(H,26,28)(H,27,29)/b15-12-. The van der Waals surface area contributed by atoms with Crippen molar-refractivity contribution in [3.05, 3.63) is 89.3 Å². The predicted octanol–water partition coefficient (Wildman–Crippen LogP) is 5.77. The summed E-state index contributed by atoms with van der Waals surface area (Å²) in [5.74, 6) is -1.63. The first-order valence-electron chi connectivity index (χ1n) is 8.54. The Hall–Kier alpha value is -3.52. The quantitative estimate of drug-likeness (QED) is 0.501. The number of amides is 2. The number of carbonyl (C=O) groups excluding carboxylic acids is 2. The van der Waals surface area contributed by atoms with Crippen molar-refractivity contribution in [1.29, 1.82) is 0 Å². The van der Waals surface area contributed by atoms with Gasteiger partial charge in [0.05, 0.1) is 23.2 Å². The van der Waals surface area contributed by atoms with Crippen LogP contribution >= 0.6 is 11.6 Å². The number of nitrogens with one attached hydrogen (secondary N) is 2. The fourth-order valence-electron chi connectivity index (χ4n) is 2.57. The summed E-state index contributed by atoms with van der Waals surface area (Å²) in [5.41, 5.74) is -1.09. The van der Waals surface area contributed by atoms with E-state index in [1.807, 2.05) is 0 Å². The Labute approximate surface area is 174 Å². The second-order valence-corrected chi connectivity index (χ2v) is 6.47. The highest BCUT2D eigenvalue weighted by molar-refractivity contribution is 6.31. The van der Waals surface area contributed by atoms with Gasteiger partial charge in [-0.05, 0) is 35.9 Å². The van der Waals surface area contributed by atoms with Gasteiger partial charge in [0.25, 0.3) is 5.91 Å². The van der Waals surface area contributed by atoms with Crippen LogP contribution in [0.15, 0.2) is 77.4 Å². The number of furan rings is 1. The molecular formula is C21H14ClF3N2O3. The van der Waals surface area contributed by atoms with Gasteiger partial charge in [-0.25, -0.2) is 0 Å². The van der Waals surface area contributed by atoms with Gasteiger partial charge < -0.3 is 15.1 Å². The maximum atomic E-state index is 13.4. The number of benzene rings is 2. The zero-order chi connectivity index (χ0) is 21.7. The molecule has 154 valence electrons. The fourth-order valence-corrected chi connectivity index (χ4v) is 2.74. The van der Waals surface area contributed by atoms with E-state index in [0.717, 1.165) is 0 Å². The average Bonchev–Trinajstić information content (AvgIpc) is 3.23. The summed E-state index contributed by atoms with van der Waals surface area (Å²) in [4.78, 5) is 24.5. The van der Waals surface area contributed by atoms with Crippen LogP contribution in [-0.4, -0.2) is 18.0 Å². The molecule has 0 saturated carbocycles. The molecule has 0 fully saturated rings. The van der Waals surface area contributed by atoms with Crippen molar-refractivity contribution in [3.63, 3.8) is 0 Å². The van der Waals surface area contributed by atoms with Crippen molar-refractivity contribution >= 4 is 40.4 Å². The van der Waals surface area contributed by atoms with Gasteiger partial charge in [-0.15, -0.1) is 0 Å². The van der Waals surface area contributed by atoms with Gasteiger partial charge in [-0.2, -0.15) is 13.2 Å². The minimum absolute atomic E-state index is 0.00980. The number of hydrogen-bond acceptors (Lipinski definition) is 3. The Morgan fingerprint density at radius 2 is 1.67 bits per heavy atom. The van der Waals surface area contributed by atoms with E-state index in [1.54, 1.807) is 6.07 Å². The molecule has 2 amide bonds. The molecule has 0 aliphatic carbocycles. The first-order chi connectivity index (χ1) is 14.2. The normalized spacial score (nSPS) is 11.8. The van der Waals surface area contributed by atoms with E-state index >= 15 is 0 Å². The molecule has 2 N–H and O–H groups in total. The lowest BCUT2D eigenvalue weighted by Gasteiger charge is -2.14. The van der Waals surface area contributed by atoms with Crippen LogP contribution in [0.25, 0.3) is 5.57 Å². The smallest absolute Gasteiger partial charge is 0.417 e. The third-order valence-corrected chi connectivity index (χ3v) is 4.13. The van der Waals surface area contributed by atoms with Crippen molar-refractivity contribution in [3.8, 4) is 0 Å². The zero-order valence-corrected chi connectivity index (χ0v) is 15.9. The number of alkyl halides is 3. The van der Waals surface area contributed by atoms with Gasteiger partial charge in [0.2, 0.25) is 5.91 Å². The van der Waals surface area contributed by atoms with Crippen molar-refractivity contribution in [2.45, 2.75) is 6.18 Å². The van der Waals surface area contributed by atoms with Crippen LogP contribution < -0.4 is 10.6 Å². The van der Waals surface area contributed by atoms with Gasteiger partial charge in [0.1, 0.15) is 0 Å². The molecule has 0 atom stereocenters. The third kappa shape index (κ3) is 5.30. The minimum atomic E-state index is -4.74. The molecule has 5 nitrogen and oxygen atoms in total. The summed E-state index contributed by atoms with van der Waals surface area (Å²) in [5, 5.41) is 5.09. The Morgan fingerprint density at radius 3 is 2.30 bits per heavy atom. The second kappa shape index (κ2) is 8.87. The van der Waals surface area contributed by atoms with E-state index in [4.69, 9.17) is 16.0 Å². The highest BCUT2D eigenvalue weighted by Crippen LogP contribution is 2.34. The van der Waals surface area contributed by atoms with E-state index in [0.29, 0.717) is 6.08 Å². The lowest BCUT2D eigenvalue weighted by molar-refractivity contribution is -0.112. The summed E-state index contributed by atoms with van der Waals surface area (Å²) in [6.07, 6.45) is -2.97. The van der Waals surface area contributed by atoms with E-state index < -0.39 is 23.6 Å². The van der Waals surface area contributed by atoms with Crippen LogP contribution in [-0.2, 0) is 4.79 Å². The maximum absolute atomic E-state index is 13.4. The van der Waals surface area contributed by atoms with Gasteiger partial charge in [0, 0.05) is 11.1 Å². The molecule has 9 heteroatoms. The van der Waals surface area contributed by atoms with Crippen LogP contribution in [0.1, 0.15) is 16.1 Å². The summed E-state index contributed by atoms with van der Waals surface area (Å²) in [7, 11) is 0. The van der Waals surface area contributed by atoms with Crippen molar-refractivity contribution in [2.24, 2.45) is 0 Å². The van der Waals surface area contributed by atoms with Crippen LogP contribution in [0.3, 0.4) is 0 Å². The minimum Gasteiger partial charge on any atom is -0.459 e. The molecule has 0 aliphatic heterocycles. The molecule has 1 aromatic heterocycles. The zero-order valence-electron chi connectivity index (χ0n) is 15.2. The number of carbonyl (C=O) groups is 2. The Bertz CT molecular complexity index is 1080. The van der Waals surface area contributed by atoms with E-state index in [2.05, 4.69) is 10.6 Å². The summed E-state index contributed by atoms with van der Waals surface area (Å²) < 4.78 is 45.3. The molecule has 0 saturated heterocycles. The van der Waals surface area contributed by atoms with Gasteiger partial charge in [-0.1, -0.05) is 41.9 Å². The van der Waals surface area contributed by atoms with Crippen molar-refractivity contribution < 1.29 is 27.2 Å². The number of rotatable bonds is 5. The van der Waals surface area contributed by atoms with Crippen LogP contribution in [0, 0.1) is 0 Å². The number of anilines is 2. The molecule has 30 heavy (non-hydrogen) atoms. The lowest BCUT2D eigenvalue weighted by Crippen LogP contribution is -2.18. The SMILES string of the molecule is O=C(/C=C(/c1ccccc1)C(F)(F)F)Nc1ccc(Cl)cc1NC(=O)c1ccco1. The van der Waals surface area contributed by atoms with E-state index in [9.17, 15) is 22.8 Å². The highest BCUT2D eigenvalue weighted by Gasteiger charge is 2.35. The van der Waals surface area contributed by atoms with Gasteiger partial charge >= 0.3 is 6.18 Å². The summed E-state index contributed by atoms with van der Waals surface area (Å²) in [6, 6.07) is 14.0. The van der Waals surface area contributed by atoms with Crippen LogP contribution in [0.2, 0.25) is 5.02 Å². The molecule has 2 aromatic carbocycles. The molecule has 0 radical (unpaired) electrons. The molecule has 3 aromatic rings. The predicted molar refractivity (Wildman–Crippen MR) is 107 cm³/mol. The van der Waals surface area contributed by atoms with E-state index in [-0.39, 0.29) is 27.7 Å². The molecule has 0 aliphatic rings. The van der Waals surface area contributed by atoms with Crippen LogP contribution in [0.4, 0.5) is 24.5 Å². The third-order valence-electron chi connectivity index (χ3n) is 3.90. The first-order valence-corrected chi connectivity index (χ1v) is 8.91. The van der Waals surface area contributed by atoms with Crippen LogP contribution in [0.5, 0.6) is 0 Å². The molecule has 1 heterocycles. The van der Waals surface area contributed by atoms with Crippen molar-refractivity contribution in [2.75, 3.05) is 10.6 Å². The van der Waals surface area contributed by atoms with E-state index in [1.165, 1.54) is 60.9 Å². The second-order valence-electron chi connectivity index (χ2n) is 6.03. The topological polar surface area (TPSA) is 71.3 Å². The number of hydrogen-bond donors (Lipinski definition) is 2. The first kappa shape index (κ1) is 21.2. The summed E-state index contributed by atoms with van der Waals surface area (Å²) >= 11 is 5.94. The monoisotopic (exact) mass is 434 g/mol.